The van der Waals surface area contributed by atoms with Gasteiger partial charge in [0.15, 0.2) is 0 Å². The highest BCUT2D eigenvalue weighted by atomic mass is 16.5. The van der Waals surface area contributed by atoms with Crippen LogP contribution in [0.1, 0.15) is 24.3 Å². The van der Waals surface area contributed by atoms with E-state index in [0.29, 0.717) is 5.92 Å². The molecule has 3 aromatic rings. The van der Waals surface area contributed by atoms with E-state index in [-0.39, 0.29) is 0 Å². The van der Waals surface area contributed by atoms with E-state index < -0.39 is 0 Å². The summed E-state index contributed by atoms with van der Waals surface area (Å²) in [4.78, 5) is 2.53. The van der Waals surface area contributed by atoms with Crippen molar-refractivity contribution in [2.24, 2.45) is 0 Å². The summed E-state index contributed by atoms with van der Waals surface area (Å²) in [7, 11) is 0. The van der Waals surface area contributed by atoms with Crippen LogP contribution >= 0.6 is 0 Å². The van der Waals surface area contributed by atoms with Gasteiger partial charge in [0, 0.05) is 30.2 Å². The molecule has 1 fully saturated rings. The van der Waals surface area contributed by atoms with E-state index in [1.54, 1.807) is 0 Å². The fourth-order valence-electron chi connectivity index (χ4n) is 4.17. The summed E-state index contributed by atoms with van der Waals surface area (Å²) in [6.45, 7) is 8.82. The van der Waals surface area contributed by atoms with E-state index in [4.69, 9.17) is 4.74 Å². The number of para-hydroxylation sites is 2. The van der Waals surface area contributed by atoms with Crippen molar-refractivity contribution in [1.29, 1.82) is 0 Å². The molecule has 3 heteroatoms. The number of ether oxygens (including phenoxy) is 1. The molecule has 0 bridgehead atoms. The molecule has 0 aliphatic carbocycles. The van der Waals surface area contributed by atoms with Crippen LogP contribution in [0.15, 0.2) is 73.4 Å². The van der Waals surface area contributed by atoms with E-state index in [2.05, 4.69) is 46.5 Å². The Bertz CT molecular complexity index is 876. The van der Waals surface area contributed by atoms with Crippen molar-refractivity contribution in [1.82, 2.24) is 9.47 Å². The minimum absolute atomic E-state index is 0.646. The number of nitrogens with zero attached hydrogens (tertiary/aromatic N) is 2. The fraction of sp³-hybridized carbons (Fsp3) is 0.333. The zero-order chi connectivity index (χ0) is 18.5. The normalized spacial score (nSPS) is 15.9. The summed E-state index contributed by atoms with van der Waals surface area (Å²) in [6, 6.07) is 18.9. The van der Waals surface area contributed by atoms with Crippen molar-refractivity contribution < 1.29 is 4.74 Å². The molecule has 140 valence electrons. The molecular formula is C24H28N2O. The maximum atomic E-state index is 5.85. The second kappa shape index (κ2) is 8.45. The maximum absolute atomic E-state index is 5.85. The summed E-state index contributed by atoms with van der Waals surface area (Å²) in [6.07, 6.45) is 6.76. The Morgan fingerprint density at radius 1 is 1.00 bits per heavy atom. The Morgan fingerprint density at radius 3 is 2.52 bits per heavy atom. The minimum atomic E-state index is 0.646. The van der Waals surface area contributed by atoms with E-state index in [0.717, 1.165) is 38.5 Å². The predicted octanol–water partition coefficient (Wildman–Crippen LogP) is 5.09. The van der Waals surface area contributed by atoms with Crippen LogP contribution < -0.4 is 4.74 Å². The Balaban J connectivity index is 1.35. The quantitative estimate of drug-likeness (QED) is 0.546. The maximum Gasteiger partial charge on any atom is 0.119 e. The third-order valence-corrected chi connectivity index (χ3v) is 5.59. The lowest BCUT2D eigenvalue weighted by molar-refractivity contribution is 0.173. The van der Waals surface area contributed by atoms with Crippen molar-refractivity contribution >= 4 is 10.9 Å². The van der Waals surface area contributed by atoms with Gasteiger partial charge in [-0.25, -0.2) is 0 Å². The van der Waals surface area contributed by atoms with Gasteiger partial charge in [0.25, 0.3) is 0 Å². The molecule has 0 spiro atoms. The molecule has 0 radical (unpaired) electrons. The molecule has 2 aromatic carbocycles. The first-order chi connectivity index (χ1) is 13.3. The summed E-state index contributed by atoms with van der Waals surface area (Å²) in [5, 5.41) is 1.41. The SMILES string of the molecule is C=CCn1cc(C2CCN(CCOc3ccccc3)CC2)c2ccccc21. The lowest BCUT2D eigenvalue weighted by Gasteiger charge is -2.31. The van der Waals surface area contributed by atoms with Crippen LogP contribution in [-0.2, 0) is 6.54 Å². The second-order valence-electron chi connectivity index (χ2n) is 7.32. The van der Waals surface area contributed by atoms with Crippen molar-refractivity contribution in [2.45, 2.75) is 25.3 Å². The highest BCUT2D eigenvalue weighted by Gasteiger charge is 2.23. The number of rotatable bonds is 7. The summed E-state index contributed by atoms with van der Waals surface area (Å²) in [5.74, 6) is 1.61. The lowest BCUT2D eigenvalue weighted by Crippen LogP contribution is -2.35. The molecule has 3 nitrogen and oxygen atoms in total. The molecule has 4 rings (SSSR count). The molecule has 1 saturated heterocycles. The molecule has 0 atom stereocenters. The monoisotopic (exact) mass is 360 g/mol. The van der Waals surface area contributed by atoms with Crippen LogP contribution in [0.4, 0.5) is 0 Å². The number of aromatic nitrogens is 1. The number of hydrogen-bond donors (Lipinski definition) is 0. The molecule has 2 heterocycles. The van der Waals surface area contributed by atoms with Crippen LogP contribution in [0.3, 0.4) is 0 Å². The van der Waals surface area contributed by atoms with Crippen LogP contribution in [0, 0.1) is 0 Å². The van der Waals surface area contributed by atoms with E-state index >= 15 is 0 Å². The topological polar surface area (TPSA) is 17.4 Å². The molecule has 0 unspecified atom stereocenters. The molecule has 0 N–H and O–H groups in total. The first-order valence-corrected chi connectivity index (χ1v) is 9.94. The third-order valence-electron chi connectivity index (χ3n) is 5.59. The molecule has 27 heavy (non-hydrogen) atoms. The Labute approximate surface area is 161 Å². The zero-order valence-corrected chi connectivity index (χ0v) is 15.9. The largest absolute Gasteiger partial charge is 0.492 e. The van der Waals surface area contributed by atoms with Crippen LogP contribution in [0.25, 0.3) is 10.9 Å². The first-order valence-electron chi connectivity index (χ1n) is 9.94. The molecule has 0 amide bonds. The van der Waals surface area contributed by atoms with Gasteiger partial charge in [-0.1, -0.05) is 42.5 Å². The molecule has 1 aliphatic rings. The fourth-order valence-corrected chi connectivity index (χ4v) is 4.17. The number of allylic oxidation sites excluding steroid dienone is 1. The molecule has 0 saturated carbocycles. The number of benzene rings is 2. The number of hydrogen-bond acceptors (Lipinski definition) is 2. The van der Waals surface area contributed by atoms with Gasteiger partial charge in [0.2, 0.25) is 0 Å². The third kappa shape index (κ3) is 4.09. The van der Waals surface area contributed by atoms with Gasteiger partial charge in [-0.3, -0.25) is 4.90 Å². The number of fused-ring (bicyclic) bond motifs is 1. The molecule has 1 aliphatic heterocycles. The Morgan fingerprint density at radius 2 is 1.74 bits per heavy atom. The predicted molar refractivity (Wildman–Crippen MR) is 112 cm³/mol. The van der Waals surface area contributed by atoms with E-state index in [1.165, 1.54) is 29.3 Å². The number of piperidine rings is 1. The number of likely N-dealkylation sites (tertiary alicyclic amines) is 1. The lowest BCUT2D eigenvalue weighted by atomic mass is 9.89. The van der Waals surface area contributed by atoms with Crippen molar-refractivity contribution in [3.8, 4) is 5.75 Å². The standard InChI is InChI=1S/C24H28N2O/c1-2-14-26-19-23(22-10-6-7-11-24(22)26)20-12-15-25(16-13-20)17-18-27-21-8-4-3-5-9-21/h2-11,19-20H,1,12-18H2. The molecule has 1 aromatic heterocycles. The van der Waals surface area contributed by atoms with Gasteiger partial charge in [0.05, 0.1) is 0 Å². The van der Waals surface area contributed by atoms with Crippen molar-refractivity contribution in [3.05, 3.63) is 79.0 Å². The van der Waals surface area contributed by atoms with Crippen LogP contribution in [-0.4, -0.2) is 35.7 Å². The van der Waals surface area contributed by atoms with Crippen molar-refractivity contribution in [3.63, 3.8) is 0 Å². The van der Waals surface area contributed by atoms with Crippen molar-refractivity contribution in [2.75, 3.05) is 26.2 Å². The highest BCUT2D eigenvalue weighted by Crippen LogP contribution is 2.34. The van der Waals surface area contributed by atoms with E-state index in [1.807, 2.05) is 36.4 Å². The Hall–Kier alpha value is -2.52. The van der Waals surface area contributed by atoms with Crippen LogP contribution in [0.2, 0.25) is 0 Å². The van der Waals surface area contributed by atoms with E-state index in [9.17, 15) is 0 Å². The first kappa shape index (κ1) is 17.9. The second-order valence-corrected chi connectivity index (χ2v) is 7.32. The van der Waals surface area contributed by atoms with Gasteiger partial charge in [-0.05, 0) is 55.6 Å². The zero-order valence-electron chi connectivity index (χ0n) is 15.9. The van der Waals surface area contributed by atoms with Gasteiger partial charge in [-0.2, -0.15) is 0 Å². The van der Waals surface area contributed by atoms with Gasteiger partial charge < -0.3 is 9.30 Å². The van der Waals surface area contributed by atoms with Gasteiger partial charge in [-0.15, -0.1) is 6.58 Å². The minimum Gasteiger partial charge on any atom is -0.492 e. The molecular weight excluding hydrogens is 332 g/mol. The average Bonchev–Trinajstić information content (AvgIpc) is 3.08. The van der Waals surface area contributed by atoms with Gasteiger partial charge in [0.1, 0.15) is 12.4 Å². The van der Waals surface area contributed by atoms with Crippen LogP contribution in [0.5, 0.6) is 5.75 Å². The van der Waals surface area contributed by atoms with Gasteiger partial charge >= 0.3 is 0 Å². The summed E-state index contributed by atoms with van der Waals surface area (Å²) >= 11 is 0. The Kier molecular flexibility index (Phi) is 5.59. The summed E-state index contributed by atoms with van der Waals surface area (Å²) < 4.78 is 8.18. The smallest absolute Gasteiger partial charge is 0.119 e. The average molecular weight is 361 g/mol. The highest BCUT2D eigenvalue weighted by molar-refractivity contribution is 5.84. The summed E-state index contributed by atoms with van der Waals surface area (Å²) in [5.41, 5.74) is 2.83.